The van der Waals surface area contributed by atoms with Crippen LogP contribution < -0.4 is 4.74 Å². The van der Waals surface area contributed by atoms with Gasteiger partial charge < -0.3 is 9.84 Å². The number of nitrogens with zero attached hydrogens (tertiary/aromatic N) is 2. The summed E-state index contributed by atoms with van der Waals surface area (Å²) < 4.78 is 28.2. The molecular formula is C11H6F2N2O5. The van der Waals surface area contributed by atoms with Gasteiger partial charge in [0.25, 0.3) is 5.69 Å². The summed E-state index contributed by atoms with van der Waals surface area (Å²) in [6.07, 6.45) is 1.50. The van der Waals surface area contributed by atoms with Crippen molar-refractivity contribution < 1.29 is 28.3 Å². The summed E-state index contributed by atoms with van der Waals surface area (Å²) in [4.78, 5) is 20.2. The van der Waals surface area contributed by atoms with E-state index < -0.39 is 34.5 Å². The number of ether oxygens (including phenoxy) is 1. The smallest absolute Gasteiger partial charge is 0.387 e. The van der Waals surface area contributed by atoms with E-state index >= 15 is 0 Å². The molecule has 0 aliphatic rings. The zero-order chi connectivity index (χ0) is 15.3. The zero-order valence-electron chi connectivity index (χ0n) is 9.62. The van der Waals surface area contributed by atoms with Crippen LogP contribution in [0, 0.1) is 21.4 Å². The standard InChI is InChI=1S/C11H6F2N2O5/c12-11(13)20-7-3-6(1-2-10(16)17)8(5-14)9(4-7)15(18)19/h1-4,11H,(H,16,17)/b2-1+. The first kappa shape index (κ1) is 15.0. The first-order valence-electron chi connectivity index (χ1n) is 4.93. The number of benzene rings is 1. The van der Waals surface area contributed by atoms with E-state index in [0.717, 1.165) is 12.1 Å². The van der Waals surface area contributed by atoms with E-state index in [1.165, 1.54) is 6.07 Å². The Labute approximate surface area is 110 Å². The van der Waals surface area contributed by atoms with Gasteiger partial charge in [-0.2, -0.15) is 14.0 Å². The highest BCUT2D eigenvalue weighted by Gasteiger charge is 2.20. The molecule has 0 aliphatic carbocycles. The number of hydrogen-bond acceptors (Lipinski definition) is 5. The van der Waals surface area contributed by atoms with Crippen molar-refractivity contribution in [3.63, 3.8) is 0 Å². The lowest BCUT2D eigenvalue weighted by Gasteiger charge is -2.07. The fourth-order valence-electron chi connectivity index (χ4n) is 1.35. The molecule has 104 valence electrons. The molecule has 1 aromatic carbocycles. The van der Waals surface area contributed by atoms with Gasteiger partial charge in [-0.3, -0.25) is 10.1 Å². The van der Waals surface area contributed by atoms with E-state index in [1.807, 2.05) is 0 Å². The first-order chi connectivity index (χ1) is 9.35. The molecule has 0 fully saturated rings. The summed E-state index contributed by atoms with van der Waals surface area (Å²) in [5, 5.41) is 28.1. The predicted octanol–water partition coefficient (Wildman–Crippen LogP) is 2.17. The Hall–Kier alpha value is -3.02. The Morgan fingerprint density at radius 1 is 1.55 bits per heavy atom. The van der Waals surface area contributed by atoms with E-state index in [0.29, 0.717) is 12.1 Å². The van der Waals surface area contributed by atoms with Gasteiger partial charge in [0, 0.05) is 11.6 Å². The summed E-state index contributed by atoms with van der Waals surface area (Å²) in [5.74, 6) is -1.91. The molecule has 1 N–H and O–H groups in total. The third kappa shape index (κ3) is 3.74. The summed E-state index contributed by atoms with van der Waals surface area (Å²) in [6, 6.07) is 3.10. The monoisotopic (exact) mass is 284 g/mol. The number of nitriles is 1. The van der Waals surface area contributed by atoms with Crippen LogP contribution in [0.5, 0.6) is 5.75 Å². The summed E-state index contributed by atoms with van der Waals surface area (Å²) in [5.41, 5.74) is -1.41. The van der Waals surface area contributed by atoms with Crippen molar-refractivity contribution in [2.75, 3.05) is 0 Å². The highest BCUT2D eigenvalue weighted by Crippen LogP contribution is 2.30. The minimum absolute atomic E-state index is 0.209. The molecule has 0 heterocycles. The fourth-order valence-corrected chi connectivity index (χ4v) is 1.35. The highest BCUT2D eigenvalue weighted by molar-refractivity contribution is 5.86. The second-order valence-corrected chi connectivity index (χ2v) is 3.33. The maximum absolute atomic E-state index is 12.1. The maximum atomic E-state index is 12.1. The number of carboxylic acid groups (broad SMARTS) is 1. The number of nitro benzene ring substituents is 1. The number of aliphatic carboxylic acids is 1. The average Bonchev–Trinajstić information content (AvgIpc) is 2.34. The number of halogens is 2. The van der Waals surface area contributed by atoms with Crippen molar-refractivity contribution in [3.05, 3.63) is 39.4 Å². The number of alkyl halides is 2. The molecule has 0 aromatic heterocycles. The van der Waals surface area contributed by atoms with Crippen LogP contribution in [-0.4, -0.2) is 22.6 Å². The molecule has 1 rings (SSSR count). The lowest BCUT2D eigenvalue weighted by molar-refractivity contribution is -0.385. The van der Waals surface area contributed by atoms with Gasteiger partial charge in [-0.1, -0.05) is 0 Å². The Bertz CT molecular complexity index is 622. The summed E-state index contributed by atoms with van der Waals surface area (Å²) >= 11 is 0. The second kappa shape index (κ2) is 6.24. The summed E-state index contributed by atoms with van der Waals surface area (Å²) in [6.45, 7) is -3.21. The molecular weight excluding hydrogens is 278 g/mol. The van der Waals surface area contributed by atoms with E-state index in [9.17, 15) is 23.7 Å². The van der Waals surface area contributed by atoms with Crippen LogP contribution >= 0.6 is 0 Å². The van der Waals surface area contributed by atoms with Crippen molar-refractivity contribution >= 4 is 17.7 Å². The molecule has 0 spiro atoms. The zero-order valence-corrected chi connectivity index (χ0v) is 9.62. The van der Waals surface area contributed by atoms with Gasteiger partial charge in [-0.25, -0.2) is 4.79 Å². The third-order valence-electron chi connectivity index (χ3n) is 2.06. The molecule has 0 unspecified atom stereocenters. The molecule has 9 heteroatoms. The Morgan fingerprint density at radius 3 is 2.65 bits per heavy atom. The van der Waals surface area contributed by atoms with Crippen molar-refractivity contribution in [3.8, 4) is 11.8 Å². The Balaban J connectivity index is 3.45. The third-order valence-corrected chi connectivity index (χ3v) is 2.06. The van der Waals surface area contributed by atoms with Crippen molar-refractivity contribution in [2.45, 2.75) is 6.61 Å². The van der Waals surface area contributed by atoms with Gasteiger partial charge in [-0.15, -0.1) is 0 Å². The van der Waals surface area contributed by atoms with Gasteiger partial charge in [0.2, 0.25) is 0 Å². The number of rotatable bonds is 5. The highest BCUT2D eigenvalue weighted by atomic mass is 19.3. The van der Waals surface area contributed by atoms with Gasteiger partial charge in [0.05, 0.1) is 11.0 Å². The minimum atomic E-state index is -3.21. The van der Waals surface area contributed by atoms with Gasteiger partial charge >= 0.3 is 12.6 Å². The number of hydrogen-bond donors (Lipinski definition) is 1. The quantitative estimate of drug-likeness (QED) is 0.503. The van der Waals surface area contributed by atoms with E-state index in [4.69, 9.17) is 10.4 Å². The van der Waals surface area contributed by atoms with Crippen LogP contribution in [0.1, 0.15) is 11.1 Å². The second-order valence-electron chi connectivity index (χ2n) is 3.33. The molecule has 0 radical (unpaired) electrons. The molecule has 7 nitrogen and oxygen atoms in total. The van der Waals surface area contributed by atoms with E-state index in [-0.39, 0.29) is 5.56 Å². The van der Waals surface area contributed by atoms with Gasteiger partial charge in [0.15, 0.2) is 0 Å². The van der Waals surface area contributed by atoms with Crippen molar-refractivity contribution in [1.82, 2.24) is 0 Å². The molecule has 0 saturated heterocycles. The average molecular weight is 284 g/mol. The van der Waals surface area contributed by atoms with Crippen molar-refractivity contribution in [1.29, 1.82) is 5.26 Å². The number of carboxylic acids is 1. The lowest BCUT2D eigenvalue weighted by Crippen LogP contribution is -2.04. The topological polar surface area (TPSA) is 113 Å². The van der Waals surface area contributed by atoms with E-state index in [1.54, 1.807) is 0 Å². The first-order valence-corrected chi connectivity index (χ1v) is 4.93. The fraction of sp³-hybridized carbons (Fsp3) is 0.0909. The lowest BCUT2D eigenvalue weighted by atomic mass is 10.1. The number of nitro groups is 1. The molecule has 20 heavy (non-hydrogen) atoms. The predicted molar refractivity (Wildman–Crippen MR) is 61.1 cm³/mol. The molecule has 0 saturated carbocycles. The Kier molecular flexibility index (Phi) is 4.69. The van der Waals surface area contributed by atoms with E-state index in [2.05, 4.69) is 4.74 Å². The normalized spacial score (nSPS) is 10.5. The summed E-state index contributed by atoms with van der Waals surface area (Å²) in [7, 11) is 0. The van der Waals surface area contributed by atoms with Crippen LogP contribution in [-0.2, 0) is 4.79 Å². The van der Waals surface area contributed by atoms with Crippen LogP contribution in [0.2, 0.25) is 0 Å². The molecule has 1 aromatic rings. The van der Waals surface area contributed by atoms with Crippen LogP contribution in [0.25, 0.3) is 6.08 Å². The van der Waals surface area contributed by atoms with Crippen LogP contribution in [0.4, 0.5) is 14.5 Å². The molecule has 0 bridgehead atoms. The van der Waals surface area contributed by atoms with Crippen molar-refractivity contribution in [2.24, 2.45) is 0 Å². The van der Waals surface area contributed by atoms with Crippen LogP contribution in [0.15, 0.2) is 18.2 Å². The largest absolute Gasteiger partial charge is 0.478 e. The minimum Gasteiger partial charge on any atom is -0.478 e. The number of carbonyl (C=O) groups is 1. The van der Waals surface area contributed by atoms with Gasteiger partial charge in [-0.05, 0) is 12.1 Å². The maximum Gasteiger partial charge on any atom is 0.387 e. The van der Waals surface area contributed by atoms with Crippen LogP contribution in [0.3, 0.4) is 0 Å². The molecule has 0 amide bonds. The SMILES string of the molecule is N#Cc1c(/C=C/C(=O)O)cc(OC(F)F)cc1[N+](=O)[O-]. The Morgan fingerprint density at radius 2 is 2.20 bits per heavy atom. The molecule has 0 aliphatic heterocycles. The van der Waals surface area contributed by atoms with Gasteiger partial charge in [0.1, 0.15) is 17.4 Å². The molecule has 0 atom stereocenters.